The normalized spacial score (nSPS) is 24.9. The van der Waals surface area contributed by atoms with Gasteiger partial charge >= 0.3 is 5.97 Å². The fourth-order valence-corrected chi connectivity index (χ4v) is 2.33. The number of carbonyl (C=O) groups excluding carboxylic acids is 1. The minimum atomic E-state index is -0.0903. The third kappa shape index (κ3) is 5.04. The molecule has 100 valence electrons. The summed E-state index contributed by atoms with van der Waals surface area (Å²) < 4.78 is 10.6. The molecule has 0 aromatic heterocycles. The first-order valence-corrected chi connectivity index (χ1v) is 6.63. The van der Waals surface area contributed by atoms with Crippen LogP contribution in [0.25, 0.3) is 0 Å². The Balaban J connectivity index is 2.25. The summed E-state index contributed by atoms with van der Waals surface area (Å²) in [4.78, 5) is 11.9. The maximum atomic E-state index is 11.9. The summed E-state index contributed by atoms with van der Waals surface area (Å²) in [5.41, 5.74) is 5.69. The summed E-state index contributed by atoms with van der Waals surface area (Å²) in [6, 6.07) is 0. The van der Waals surface area contributed by atoms with Crippen LogP contribution in [0.15, 0.2) is 0 Å². The number of esters is 1. The van der Waals surface area contributed by atoms with Crippen LogP contribution in [-0.2, 0) is 14.3 Å². The molecule has 1 aliphatic carbocycles. The molecule has 0 saturated heterocycles. The summed E-state index contributed by atoms with van der Waals surface area (Å²) in [6.07, 6.45) is 4.45. The van der Waals surface area contributed by atoms with Crippen molar-refractivity contribution in [3.63, 3.8) is 0 Å². The Morgan fingerprint density at radius 3 is 2.65 bits per heavy atom. The van der Waals surface area contributed by atoms with E-state index in [1.54, 1.807) is 0 Å². The summed E-state index contributed by atoms with van der Waals surface area (Å²) in [5, 5.41) is 0. The number of hydrogen-bond acceptors (Lipinski definition) is 4. The molecule has 1 rings (SSSR count). The Bertz CT molecular complexity index is 231. The number of nitrogens with two attached hydrogens (primary N) is 1. The van der Waals surface area contributed by atoms with Crippen LogP contribution >= 0.6 is 0 Å². The number of carbonyl (C=O) groups is 1. The van der Waals surface area contributed by atoms with E-state index < -0.39 is 0 Å². The second kappa shape index (κ2) is 7.67. The van der Waals surface area contributed by atoms with E-state index in [4.69, 9.17) is 15.2 Å². The van der Waals surface area contributed by atoms with Gasteiger partial charge in [0.25, 0.3) is 0 Å². The highest BCUT2D eigenvalue weighted by molar-refractivity contribution is 5.72. The van der Waals surface area contributed by atoms with Crippen LogP contribution in [0.4, 0.5) is 0 Å². The lowest BCUT2D eigenvalue weighted by atomic mass is 9.79. The van der Waals surface area contributed by atoms with Crippen LogP contribution in [0.1, 0.15) is 39.5 Å². The van der Waals surface area contributed by atoms with Gasteiger partial charge in [-0.1, -0.05) is 12.8 Å². The average molecular weight is 243 g/mol. The van der Waals surface area contributed by atoms with Crippen molar-refractivity contribution in [1.82, 2.24) is 0 Å². The van der Waals surface area contributed by atoms with E-state index >= 15 is 0 Å². The molecule has 17 heavy (non-hydrogen) atoms. The van der Waals surface area contributed by atoms with Gasteiger partial charge < -0.3 is 15.2 Å². The van der Waals surface area contributed by atoms with Crippen molar-refractivity contribution in [2.45, 2.75) is 45.6 Å². The Morgan fingerprint density at radius 2 is 2.00 bits per heavy atom. The van der Waals surface area contributed by atoms with Crippen LogP contribution in [0.2, 0.25) is 0 Å². The van der Waals surface area contributed by atoms with E-state index in [9.17, 15) is 4.79 Å². The lowest BCUT2D eigenvalue weighted by Crippen LogP contribution is -2.34. The van der Waals surface area contributed by atoms with Gasteiger partial charge in [-0.15, -0.1) is 0 Å². The van der Waals surface area contributed by atoms with E-state index in [0.29, 0.717) is 25.7 Å². The largest absolute Gasteiger partial charge is 0.463 e. The molecule has 0 radical (unpaired) electrons. The Kier molecular flexibility index (Phi) is 6.52. The second-order valence-electron chi connectivity index (χ2n) is 4.97. The first-order chi connectivity index (χ1) is 8.15. The minimum absolute atomic E-state index is 0.00722. The summed E-state index contributed by atoms with van der Waals surface area (Å²) in [7, 11) is 0. The molecular weight excluding hydrogens is 218 g/mol. The maximum Gasteiger partial charge on any atom is 0.309 e. The quantitative estimate of drug-likeness (QED) is 0.570. The van der Waals surface area contributed by atoms with E-state index in [1.165, 1.54) is 6.42 Å². The van der Waals surface area contributed by atoms with E-state index in [1.807, 2.05) is 13.8 Å². The Morgan fingerprint density at radius 1 is 1.29 bits per heavy atom. The first-order valence-electron chi connectivity index (χ1n) is 6.63. The van der Waals surface area contributed by atoms with Gasteiger partial charge in [0.2, 0.25) is 0 Å². The second-order valence-corrected chi connectivity index (χ2v) is 4.97. The van der Waals surface area contributed by atoms with Crippen LogP contribution in [0.5, 0.6) is 0 Å². The average Bonchev–Trinajstić information content (AvgIpc) is 2.34. The van der Waals surface area contributed by atoms with E-state index in [-0.39, 0.29) is 18.0 Å². The molecular formula is C13H25NO3. The summed E-state index contributed by atoms with van der Waals surface area (Å²) in [5.74, 6) is 0.225. The Labute approximate surface area is 104 Å². The van der Waals surface area contributed by atoms with Crippen molar-refractivity contribution in [1.29, 1.82) is 0 Å². The van der Waals surface area contributed by atoms with Crippen LogP contribution in [0, 0.1) is 11.8 Å². The number of rotatable bonds is 6. The van der Waals surface area contributed by atoms with Crippen LogP contribution in [0.3, 0.4) is 0 Å². The standard InChI is InChI=1S/C13H25NO3/c1-10(2)16-7-8-17-13(15)12-6-4-3-5-11(12)9-14/h10-12H,3-9,14H2,1-2H3. The molecule has 1 fully saturated rings. The third-order valence-electron chi connectivity index (χ3n) is 3.29. The van der Waals surface area contributed by atoms with Crippen molar-refractivity contribution >= 4 is 5.97 Å². The molecule has 2 N–H and O–H groups in total. The predicted octanol–water partition coefficient (Wildman–Crippen LogP) is 1.72. The lowest BCUT2D eigenvalue weighted by Gasteiger charge is -2.28. The van der Waals surface area contributed by atoms with Gasteiger partial charge in [0, 0.05) is 0 Å². The van der Waals surface area contributed by atoms with E-state index in [0.717, 1.165) is 19.3 Å². The van der Waals surface area contributed by atoms with Gasteiger partial charge in [0.05, 0.1) is 18.6 Å². The monoisotopic (exact) mass is 243 g/mol. The van der Waals surface area contributed by atoms with Gasteiger partial charge in [0.1, 0.15) is 6.61 Å². The van der Waals surface area contributed by atoms with Crippen LogP contribution < -0.4 is 5.73 Å². The van der Waals surface area contributed by atoms with Gasteiger partial charge in [-0.25, -0.2) is 0 Å². The fraction of sp³-hybridized carbons (Fsp3) is 0.923. The highest BCUT2D eigenvalue weighted by Crippen LogP contribution is 2.30. The molecule has 0 aliphatic heterocycles. The van der Waals surface area contributed by atoms with Gasteiger partial charge in [0.15, 0.2) is 0 Å². The highest BCUT2D eigenvalue weighted by atomic mass is 16.6. The first kappa shape index (κ1) is 14.5. The lowest BCUT2D eigenvalue weighted by molar-refractivity contribution is -0.153. The van der Waals surface area contributed by atoms with Crippen molar-refractivity contribution in [3.05, 3.63) is 0 Å². The zero-order chi connectivity index (χ0) is 12.7. The molecule has 2 atom stereocenters. The number of ether oxygens (including phenoxy) is 2. The summed E-state index contributed by atoms with van der Waals surface area (Å²) in [6.45, 7) is 5.34. The van der Waals surface area contributed by atoms with Gasteiger partial charge in [-0.05, 0) is 39.2 Å². The van der Waals surface area contributed by atoms with Crippen molar-refractivity contribution < 1.29 is 14.3 Å². The van der Waals surface area contributed by atoms with Crippen molar-refractivity contribution in [2.75, 3.05) is 19.8 Å². The molecule has 1 saturated carbocycles. The van der Waals surface area contributed by atoms with Crippen molar-refractivity contribution in [2.24, 2.45) is 17.6 Å². The molecule has 0 bridgehead atoms. The SMILES string of the molecule is CC(C)OCCOC(=O)C1CCCCC1CN. The minimum Gasteiger partial charge on any atom is -0.463 e. The molecule has 0 spiro atoms. The zero-order valence-corrected chi connectivity index (χ0v) is 11.0. The highest BCUT2D eigenvalue weighted by Gasteiger charge is 2.30. The molecule has 2 unspecified atom stereocenters. The predicted molar refractivity (Wildman–Crippen MR) is 66.5 cm³/mol. The van der Waals surface area contributed by atoms with Gasteiger partial charge in [-0.3, -0.25) is 4.79 Å². The zero-order valence-electron chi connectivity index (χ0n) is 11.0. The van der Waals surface area contributed by atoms with Gasteiger partial charge in [-0.2, -0.15) is 0 Å². The maximum absolute atomic E-state index is 11.9. The topological polar surface area (TPSA) is 61.5 Å². The molecule has 0 heterocycles. The van der Waals surface area contributed by atoms with E-state index in [2.05, 4.69) is 0 Å². The molecule has 0 aromatic carbocycles. The Hall–Kier alpha value is -0.610. The molecule has 1 aliphatic rings. The molecule has 4 heteroatoms. The number of hydrogen-bond donors (Lipinski definition) is 1. The smallest absolute Gasteiger partial charge is 0.309 e. The third-order valence-corrected chi connectivity index (χ3v) is 3.29. The fourth-order valence-electron chi connectivity index (χ4n) is 2.33. The van der Waals surface area contributed by atoms with Crippen LogP contribution in [-0.4, -0.2) is 31.8 Å². The molecule has 0 aromatic rings. The summed E-state index contributed by atoms with van der Waals surface area (Å²) >= 11 is 0. The molecule has 4 nitrogen and oxygen atoms in total. The molecule has 0 amide bonds. The van der Waals surface area contributed by atoms with Crippen molar-refractivity contribution in [3.8, 4) is 0 Å².